The van der Waals surface area contributed by atoms with Crippen LogP contribution in [0.2, 0.25) is 0 Å². The number of piperidine rings is 1. The fourth-order valence-electron chi connectivity index (χ4n) is 3.28. The van der Waals surface area contributed by atoms with Crippen molar-refractivity contribution in [2.45, 2.75) is 39.8 Å². The van der Waals surface area contributed by atoms with Crippen LogP contribution in [0.3, 0.4) is 0 Å². The van der Waals surface area contributed by atoms with E-state index in [0.29, 0.717) is 24.7 Å². The van der Waals surface area contributed by atoms with Crippen LogP contribution in [0.5, 0.6) is 0 Å². The van der Waals surface area contributed by atoms with Gasteiger partial charge in [-0.1, -0.05) is 0 Å². The van der Waals surface area contributed by atoms with Gasteiger partial charge >= 0.3 is 0 Å². The molecule has 0 spiro atoms. The molecular formula is C18H25N5O2. The minimum Gasteiger partial charge on any atom is -0.315 e. The minimum atomic E-state index is -0.0302. The molecule has 1 aliphatic heterocycles. The van der Waals surface area contributed by atoms with Gasteiger partial charge < -0.3 is 4.57 Å². The molecule has 0 atom stereocenters. The fraction of sp³-hybridized carbons (Fsp3) is 0.556. The van der Waals surface area contributed by atoms with E-state index in [2.05, 4.69) is 14.9 Å². The smallest absolute Gasteiger partial charge is 0.273 e. The van der Waals surface area contributed by atoms with E-state index in [1.165, 1.54) is 0 Å². The average Bonchev–Trinajstić information content (AvgIpc) is 2.61. The summed E-state index contributed by atoms with van der Waals surface area (Å²) in [4.78, 5) is 35.2. The van der Waals surface area contributed by atoms with Gasteiger partial charge in [-0.3, -0.25) is 24.0 Å². The predicted octanol–water partition coefficient (Wildman–Crippen LogP) is 0.866. The van der Waals surface area contributed by atoms with Gasteiger partial charge in [0.05, 0.1) is 6.33 Å². The van der Waals surface area contributed by atoms with Gasteiger partial charge in [-0.2, -0.15) is 0 Å². The van der Waals surface area contributed by atoms with Crippen molar-refractivity contribution in [2.24, 2.45) is 13.0 Å². The summed E-state index contributed by atoms with van der Waals surface area (Å²) in [6, 6.07) is 0. The fourth-order valence-corrected chi connectivity index (χ4v) is 3.28. The Labute approximate surface area is 147 Å². The van der Waals surface area contributed by atoms with Crippen molar-refractivity contribution < 1.29 is 0 Å². The molecule has 7 heteroatoms. The lowest BCUT2D eigenvalue weighted by atomic mass is 9.96. The number of likely N-dealkylation sites (tertiary alicyclic amines) is 1. The molecule has 0 radical (unpaired) electrons. The summed E-state index contributed by atoms with van der Waals surface area (Å²) in [6.45, 7) is 6.82. The van der Waals surface area contributed by atoms with Crippen LogP contribution < -0.4 is 11.1 Å². The van der Waals surface area contributed by atoms with Crippen LogP contribution in [0, 0.1) is 19.8 Å². The van der Waals surface area contributed by atoms with Crippen LogP contribution in [0.1, 0.15) is 29.8 Å². The maximum absolute atomic E-state index is 12.3. The quantitative estimate of drug-likeness (QED) is 0.823. The van der Waals surface area contributed by atoms with Crippen molar-refractivity contribution >= 4 is 0 Å². The van der Waals surface area contributed by atoms with Gasteiger partial charge in [-0.15, -0.1) is 0 Å². The Morgan fingerprint density at radius 2 is 1.84 bits per heavy atom. The molecular weight excluding hydrogens is 318 g/mol. The van der Waals surface area contributed by atoms with Crippen molar-refractivity contribution in [3.8, 4) is 0 Å². The van der Waals surface area contributed by atoms with Crippen LogP contribution in [0.15, 0.2) is 28.3 Å². The highest BCUT2D eigenvalue weighted by atomic mass is 16.1. The average molecular weight is 343 g/mol. The van der Waals surface area contributed by atoms with Crippen molar-refractivity contribution in [2.75, 3.05) is 13.1 Å². The molecule has 7 nitrogen and oxygen atoms in total. The second kappa shape index (κ2) is 7.31. The molecule has 134 valence electrons. The first-order chi connectivity index (χ1) is 12.0. The topological polar surface area (TPSA) is 73.0 Å². The molecule has 1 aliphatic rings. The third kappa shape index (κ3) is 3.87. The van der Waals surface area contributed by atoms with E-state index in [0.717, 1.165) is 37.2 Å². The minimum absolute atomic E-state index is 0.0302. The molecule has 1 fully saturated rings. The van der Waals surface area contributed by atoms with E-state index < -0.39 is 0 Å². The number of aryl methyl sites for hydroxylation is 2. The monoisotopic (exact) mass is 343 g/mol. The highest BCUT2D eigenvalue weighted by Gasteiger charge is 2.21. The van der Waals surface area contributed by atoms with E-state index >= 15 is 0 Å². The van der Waals surface area contributed by atoms with Gasteiger partial charge in [-0.25, -0.2) is 4.98 Å². The van der Waals surface area contributed by atoms with Crippen LogP contribution >= 0.6 is 0 Å². The van der Waals surface area contributed by atoms with Crippen molar-refractivity contribution in [1.29, 1.82) is 0 Å². The molecule has 0 aromatic carbocycles. The first-order valence-corrected chi connectivity index (χ1v) is 8.71. The largest absolute Gasteiger partial charge is 0.315 e. The zero-order valence-electron chi connectivity index (χ0n) is 15.1. The molecule has 0 bridgehead atoms. The first-order valence-electron chi connectivity index (χ1n) is 8.71. The Kier molecular flexibility index (Phi) is 5.13. The second-order valence-electron chi connectivity index (χ2n) is 6.92. The van der Waals surface area contributed by atoms with E-state index in [1.807, 2.05) is 13.8 Å². The van der Waals surface area contributed by atoms with Crippen LogP contribution in [-0.2, 0) is 20.1 Å². The summed E-state index contributed by atoms with van der Waals surface area (Å²) < 4.78 is 3.30. The Hall–Kier alpha value is -2.28. The van der Waals surface area contributed by atoms with Crippen LogP contribution in [0.4, 0.5) is 0 Å². The van der Waals surface area contributed by atoms with Crippen LogP contribution in [-0.4, -0.2) is 37.1 Å². The lowest BCUT2D eigenvalue weighted by Crippen LogP contribution is -2.38. The van der Waals surface area contributed by atoms with Gasteiger partial charge in [0.2, 0.25) is 0 Å². The Bertz CT molecular complexity index is 863. The molecule has 25 heavy (non-hydrogen) atoms. The third-order valence-electron chi connectivity index (χ3n) is 5.14. The highest BCUT2D eigenvalue weighted by Crippen LogP contribution is 2.19. The summed E-state index contributed by atoms with van der Waals surface area (Å²) in [5.41, 5.74) is 2.15. The summed E-state index contributed by atoms with van der Waals surface area (Å²) >= 11 is 0. The standard InChI is InChI=1S/C18H25N5O2/c1-13-14(2)20-12-23(17(13)24)10-15-4-7-22(8-5-15)11-16-18(25)21(3)9-6-19-16/h6,9,12,15H,4-5,7-8,10-11H2,1-3H3. The first kappa shape index (κ1) is 17.5. The van der Waals surface area contributed by atoms with Crippen molar-refractivity contribution in [3.05, 3.63) is 56.4 Å². The van der Waals surface area contributed by atoms with Crippen LogP contribution in [0.25, 0.3) is 0 Å². The highest BCUT2D eigenvalue weighted by molar-refractivity contribution is 5.12. The van der Waals surface area contributed by atoms with Gasteiger partial charge in [-0.05, 0) is 45.7 Å². The summed E-state index contributed by atoms with van der Waals surface area (Å²) in [7, 11) is 1.75. The SMILES string of the molecule is Cc1ncn(CC2CCN(Cc3nccn(C)c3=O)CC2)c(=O)c1C. The molecule has 3 rings (SSSR count). The zero-order valence-corrected chi connectivity index (χ0v) is 15.1. The van der Waals surface area contributed by atoms with Gasteiger partial charge in [0.1, 0.15) is 5.69 Å². The Balaban J connectivity index is 1.59. The molecule has 2 aromatic heterocycles. The molecule has 0 saturated carbocycles. The number of aromatic nitrogens is 4. The van der Waals surface area contributed by atoms with Gasteiger partial charge in [0, 0.05) is 43.8 Å². The van der Waals surface area contributed by atoms with E-state index in [4.69, 9.17) is 0 Å². The number of rotatable bonds is 4. The van der Waals surface area contributed by atoms with Crippen molar-refractivity contribution in [3.63, 3.8) is 0 Å². The van der Waals surface area contributed by atoms with E-state index in [-0.39, 0.29) is 11.1 Å². The van der Waals surface area contributed by atoms with Crippen molar-refractivity contribution in [1.82, 2.24) is 24.0 Å². The number of nitrogens with zero attached hydrogens (tertiary/aromatic N) is 5. The maximum atomic E-state index is 12.3. The second-order valence-corrected chi connectivity index (χ2v) is 6.92. The maximum Gasteiger partial charge on any atom is 0.273 e. The Morgan fingerprint density at radius 1 is 1.12 bits per heavy atom. The molecule has 3 heterocycles. The third-order valence-corrected chi connectivity index (χ3v) is 5.14. The lowest BCUT2D eigenvalue weighted by Gasteiger charge is -2.31. The Morgan fingerprint density at radius 3 is 2.56 bits per heavy atom. The van der Waals surface area contributed by atoms with E-state index in [1.54, 1.807) is 34.9 Å². The number of hydrogen-bond acceptors (Lipinski definition) is 5. The molecule has 0 unspecified atom stereocenters. The predicted molar refractivity (Wildman–Crippen MR) is 95.5 cm³/mol. The summed E-state index contributed by atoms with van der Waals surface area (Å²) in [5.74, 6) is 0.462. The number of hydrogen-bond donors (Lipinski definition) is 0. The molecule has 1 saturated heterocycles. The van der Waals surface area contributed by atoms with Gasteiger partial charge in [0.25, 0.3) is 11.1 Å². The molecule has 2 aromatic rings. The normalized spacial score (nSPS) is 16.3. The van der Waals surface area contributed by atoms with E-state index in [9.17, 15) is 9.59 Å². The lowest BCUT2D eigenvalue weighted by molar-refractivity contribution is 0.164. The summed E-state index contributed by atoms with van der Waals surface area (Å²) in [5, 5.41) is 0. The molecule has 0 aliphatic carbocycles. The molecule has 0 N–H and O–H groups in total. The van der Waals surface area contributed by atoms with Gasteiger partial charge in [0.15, 0.2) is 0 Å². The zero-order chi connectivity index (χ0) is 18.0. The molecule has 0 amide bonds. The summed E-state index contributed by atoms with van der Waals surface area (Å²) in [6.07, 6.45) is 7.02.